The number of aromatic nitrogens is 4. The summed E-state index contributed by atoms with van der Waals surface area (Å²) in [5.74, 6) is 2.03. The fourth-order valence-corrected chi connectivity index (χ4v) is 6.69. The number of benzene rings is 4. The summed E-state index contributed by atoms with van der Waals surface area (Å²) in [6.45, 7) is 0. The smallest absolute Gasteiger partial charge is 0.165 e. The van der Waals surface area contributed by atoms with Gasteiger partial charge in [-0.3, -0.25) is 4.98 Å². The zero-order chi connectivity index (χ0) is 25.3. The Morgan fingerprint density at radius 1 is 0.500 bits per heavy atom. The molecule has 5 heteroatoms. The lowest BCUT2D eigenvalue weighted by Crippen LogP contribution is -2.05. The van der Waals surface area contributed by atoms with Crippen molar-refractivity contribution in [1.29, 1.82) is 0 Å². The maximum Gasteiger partial charge on any atom is 0.165 e. The normalized spacial score (nSPS) is 12.2. The predicted molar refractivity (Wildman–Crippen MR) is 165 cm³/mol. The maximum atomic E-state index is 5.09. The number of rotatable bonds is 4. The van der Waals surface area contributed by atoms with Crippen molar-refractivity contribution in [3.63, 3.8) is 0 Å². The largest absolute Gasteiger partial charge is 0.256 e. The van der Waals surface area contributed by atoms with Crippen LogP contribution >= 0.6 is 20.7 Å². The average molecular weight is 600 g/mol. The molecule has 0 saturated carbocycles. The molecule has 1 aliphatic heterocycles. The molecule has 38 heavy (non-hydrogen) atoms. The Hall–Kier alpha value is -4.36. The molecule has 0 aliphatic carbocycles. The molecule has 0 unspecified atom stereocenters. The summed E-state index contributed by atoms with van der Waals surface area (Å²) in [5, 5.41) is 2.26. The van der Waals surface area contributed by atoms with Crippen molar-refractivity contribution in [3.05, 3.63) is 125 Å². The Labute approximate surface area is 230 Å². The molecule has 0 amide bonds. The van der Waals surface area contributed by atoms with Crippen LogP contribution in [0.5, 0.6) is 0 Å². The number of pyridine rings is 1. The molecule has 180 valence electrons. The monoisotopic (exact) mass is 600 g/mol. The van der Waals surface area contributed by atoms with Gasteiger partial charge in [0, 0.05) is 28.5 Å². The van der Waals surface area contributed by atoms with Crippen LogP contribution in [-0.2, 0) is 0 Å². The van der Waals surface area contributed by atoms with E-state index >= 15 is 0 Å². The van der Waals surface area contributed by atoms with Crippen LogP contribution in [0.25, 0.3) is 62.3 Å². The van der Waals surface area contributed by atoms with Gasteiger partial charge in [0.05, 0.1) is 5.69 Å². The minimum atomic E-state index is -0.224. The number of nitrogens with zero attached hydrogens (tertiary/aromatic N) is 4. The van der Waals surface area contributed by atoms with Crippen LogP contribution in [0.2, 0.25) is 0 Å². The van der Waals surface area contributed by atoms with E-state index in [-0.39, 0.29) is 20.7 Å². The van der Waals surface area contributed by atoms with Crippen LogP contribution in [0.3, 0.4) is 0 Å². The Morgan fingerprint density at radius 3 is 1.71 bits per heavy atom. The summed E-state index contributed by atoms with van der Waals surface area (Å²) >= 11 is -0.224. The third kappa shape index (κ3) is 4.05. The first-order valence-electron chi connectivity index (χ1n) is 12.4. The molecule has 7 rings (SSSR count). The van der Waals surface area contributed by atoms with Gasteiger partial charge < -0.3 is 0 Å². The second-order valence-electron chi connectivity index (χ2n) is 8.90. The molecule has 2 aromatic heterocycles. The Balaban J connectivity index is 1.58. The van der Waals surface area contributed by atoms with Crippen LogP contribution in [0.1, 0.15) is 11.1 Å². The topological polar surface area (TPSA) is 51.6 Å². The lowest BCUT2D eigenvalue weighted by atomic mass is 9.87. The van der Waals surface area contributed by atoms with Crippen LogP contribution in [-0.4, -0.2) is 23.9 Å². The van der Waals surface area contributed by atoms with Gasteiger partial charge in [-0.15, -0.1) is 0 Å². The summed E-state index contributed by atoms with van der Waals surface area (Å²) in [5.41, 5.74) is 7.46. The summed E-state index contributed by atoms with van der Waals surface area (Å²) in [6.07, 6.45) is 4.12. The quantitative estimate of drug-likeness (QED) is 0.192. The van der Waals surface area contributed by atoms with E-state index in [1.807, 2.05) is 79.0 Å². The van der Waals surface area contributed by atoms with Crippen LogP contribution < -0.4 is 0 Å². The number of hydrogen-bond donors (Lipinski definition) is 0. The molecule has 0 fully saturated rings. The predicted octanol–water partition coefficient (Wildman–Crippen LogP) is 8.19. The molecule has 0 bridgehead atoms. The van der Waals surface area contributed by atoms with Crippen LogP contribution in [0.4, 0.5) is 0 Å². The summed E-state index contributed by atoms with van der Waals surface area (Å²) in [4.78, 5) is 19.8. The van der Waals surface area contributed by atoms with E-state index in [4.69, 9.17) is 19.9 Å². The molecular weight excluding hydrogens is 579 g/mol. The van der Waals surface area contributed by atoms with Gasteiger partial charge in [0.15, 0.2) is 17.5 Å². The third-order valence-corrected chi connectivity index (χ3v) is 8.37. The van der Waals surface area contributed by atoms with E-state index < -0.39 is 0 Å². The van der Waals surface area contributed by atoms with Crippen molar-refractivity contribution in [1.82, 2.24) is 19.9 Å². The van der Waals surface area contributed by atoms with Crippen molar-refractivity contribution >= 4 is 41.6 Å². The fourth-order valence-electron chi connectivity index (χ4n) is 4.91. The zero-order valence-corrected chi connectivity index (χ0v) is 22.4. The molecule has 6 aromatic rings. The van der Waals surface area contributed by atoms with E-state index in [0.29, 0.717) is 17.5 Å². The number of fused-ring (bicyclic) bond motifs is 2. The van der Waals surface area contributed by atoms with Crippen molar-refractivity contribution in [2.24, 2.45) is 0 Å². The van der Waals surface area contributed by atoms with Gasteiger partial charge in [-0.2, -0.15) is 0 Å². The minimum Gasteiger partial charge on any atom is -0.256 e. The minimum absolute atomic E-state index is 0.224. The van der Waals surface area contributed by atoms with Crippen molar-refractivity contribution in [2.75, 3.05) is 0 Å². The van der Waals surface area contributed by atoms with Crippen LogP contribution in [0, 0.1) is 0 Å². The highest BCUT2D eigenvalue weighted by Gasteiger charge is 2.23. The first kappa shape index (κ1) is 22.8. The standard InChI is InChI=1S/C33H21IN4/c1-3-11-22(12-4-1)31-36-32(23-13-5-2-6-14-23)38-33(37-31)30-25-16-8-7-15-24(25)29(28-17-9-10-20-35-28)26-18-19-34-21-27(26)30/h1-21H. The summed E-state index contributed by atoms with van der Waals surface area (Å²) in [7, 11) is 0. The van der Waals surface area contributed by atoms with Gasteiger partial charge in [0.25, 0.3) is 0 Å². The van der Waals surface area contributed by atoms with E-state index in [1.54, 1.807) is 0 Å². The van der Waals surface area contributed by atoms with Gasteiger partial charge in [-0.05, 0) is 48.2 Å². The second-order valence-corrected chi connectivity index (χ2v) is 11.0. The number of hydrogen-bond acceptors (Lipinski definition) is 4. The molecule has 0 atom stereocenters. The van der Waals surface area contributed by atoms with Gasteiger partial charge >= 0.3 is 0 Å². The summed E-state index contributed by atoms with van der Waals surface area (Å²) in [6, 6.07) is 34.9. The number of halogens is 1. The highest BCUT2D eigenvalue weighted by atomic mass is 127. The van der Waals surface area contributed by atoms with Crippen LogP contribution in [0.15, 0.2) is 113 Å². The SMILES string of the molecule is C1=Cc2c(c(-c3nc(-c4ccccc4)nc(-c4ccccc4)n3)c3ccccc3c2-c2ccccn2)C=I1. The van der Waals surface area contributed by atoms with Crippen molar-refractivity contribution in [2.45, 2.75) is 0 Å². The van der Waals surface area contributed by atoms with Gasteiger partial charge in [0.1, 0.15) is 0 Å². The zero-order valence-electron chi connectivity index (χ0n) is 20.3. The summed E-state index contributed by atoms with van der Waals surface area (Å²) < 4.78 is 4.70. The fraction of sp³-hybridized carbons (Fsp3) is 0. The molecule has 0 saturated heterocycles. The molecule has 0 spiro atoms. The highest BCUT2D eigenvalue weighted by Crippen LogP contribution is 2.43. The first-order chi connectivity index (χ1) is 18.9. The van der Waals surface area contributed by atoms with Crippen molar-refractivity contribution < 1.29 is 0 Å². The Bertz CT molecular complexity index is 1790. The lowest BCUT2D eigenvalue weighted by molar-refractivity contribution is 1.08. The van der Waals surface area contributed by atoms with E-state index in [9.17, 15) is 0 Å². The molecule has 4 aromatic carbocycles. The third-order valence-electron chi connectivity index (χ3n) is 6.61. The molecular formula is C33H21IN4. The van der Waals surface area contributed by atoms with Crippen molar-refractivity contribution in [3.8, 4) is 45.4 Å². The highest BCUT2D eigenvalue weighted by molar-refractivity contribution is 14.2. The first-order valence-corrected chi connectivity index (χ1v) is 14.8. The van der Waals surface area contributed by atoms with E-state index in [0.717, 1.165) is 38.7 Å². The molecule has 0 N–H and O–H groups in total. The van der Waals surface area contributed by atoms with Gasteiger partial charge in [-0.1, -0.05) is 112 Å². The van der Waals surface area contributed by atoms with Gasteiger partial charge in [0.2, 0.25) is 0 Å². The van der Waals surface area contributed by atoms with E-state index in [1.165, 1.54) is 11.1 Å². The molecule has 3 heterocycles. The Kier molecular flexibility index (Phi) is 5.90. The molecule has 1 aliphatic rings. The lowest BCUT2D eigenvalue weighted by Gasteiger charge is -2.20. The van der Waals surface area contributed by atoms with Gasteiger partial charge in [-0.25, -0.2) is 15.0 Å². The Morgan fingerprint density at radius 2 is 1.08 bits per heavy atom. The molecule has 0 radical (unpaired) electrons. The molecule has 4 nitrogen and oxygen atoms in total. The second kappa shape index (κ2) is 9.84. The van der Waals surface area contributed by atoms with E-state index in [2.05, 4.69) is 44.5 Å². The maximum absolute atomic E-state index is 5.09. The average Bonchev–Trinajstić information content (AvgIpc) is 3.01.